The SMILES string of the molecule is CCCCC(CC)COP(O)(=S)S.[Cu]. The summed E-state index contributed by atoms with van der Waals surface area (Å²) in [5.74, 6) is 0.515. The Morgan fingerprint density at radius 3 is 2.43 bits per heavy atom. The quantitative estimate of drug-likeness (QED) is 0.429. The van der Waals surface area contributed by atoms with Crippen LogP contribution in [0.4, 0.5) is 0 Å². The zero-order valence-electron chi connectivity index (χ0n) is 8.57. The predicted octanol–water partition coefficient (Wildman–Crippen LogP) is 3.36. The fourth-order valence-corrected chi connectivity index (χ4v) is 1.89. The van der Waals surface area contributed by atoms with Gasteiger partial charge in [0.05, 0.1) is 6.61 Å². The van der Waals surface area contributed by atoms with Crippen LogP contribution in [-0.2, 0) is 33.4 Å². The van der Waals surface area contributed by atoms with Crippen LogP contribution in [0, 0.1) is 5.92 Å². The summed E-state index contributed by atoms with van der Waals surface area (Å²) in [6.45, 7) is 4.85. The predicted molar refractivity (Wildman–Crippen MR) is 64.7 cm³/mol. The summed E-state index contributed by atoms with van der Waals surface area (Å²) in [6, 6.07) is 0. The molecule has 0 bridgehead atoms. The number of hydrogen-bond donors (Lipinski definition) is 2. The van der Waals surface area contributed by atoms with Crippen LogP contribution in [0.25, 0.3) is 0 Å². The standard InChI is InChI=1S/C8H19O2PS2.Cu/c1-3-5-6-8(4-2)7-10-11(9,12)13;/h8H,3-7H2,1-2H3,(H2,9,12,13);. The Balaban J connectivity index is 0. The van der Waals surface area contributed by atoms with Gasteiger partial charge >= 0.3 is 0 Å². The van der Waals surface area contributed by atoms with Gasteiger partial charge in [0.2, 0.25) is 5.69 Å². The molecule has 2 unspecified atom stereocenters. The van der Waals surface area contributed by atoms with E-state index in [9.17, 15) is 0 Å². The summed E-state index contributed by atoms with van der Waals surface area (Å²) >= 11 is 8.49. The molecule has 0 aliphatic heterocycles. The molecule has 0 saturated carbocycles. The van der Waals surface area contributed by atoms with E-state index in [0.29, 0.717) is 12.5 Å². The second-order valence-electron chi connectivity index (χ2n) is 3.20. The molecule has 0 rings (SSSR count). The molecule has 2 atom stereocenters. The van der Waals surface area contributed by atoms with Gasteiger partial charge in [-0.1, -0.05) is 45.4 Å². The molecule has 0 amide bonds. The molecular formula is C8H19CuO2PS2. The third-order valence-electron chi connectivity index (χ3n) is 2.02. The van der Waals surface area contributed by atoms with Crippen LogP contribution in [0.1, 0.15) is 39.5 Å². The maximum atomic E-state index is 9.16. The summed E-state index contributed by atoms with van der Waals surface area (Å²) < 4.78 is 5.13. The summed E-state index contributed by atoms with van der Waals surface area (Å²) in [6.07, 6.45) is 4.63. The van der Waals surface area contributed by atoms with E-state index in [2.05, 4.69) is 37.9 Å². The number of unbranched alkanes of at least 4 members (excludes halogenated alkanes) is 1. The average molecular weight is 306 g/mol. The molecule has 0 aliphatic carbocycles. The van der Waals surface area contributed by atoms with Crippen molar-refractivity contribution in [3.05, 3.63) is 0 Å². The maximum Gasteiger partial charge on any atom is 0.241 e. The molecular weight excluding hydrogens is 287 g/mol. The largest absolute Gasteiger partial charge is 0.338 e. The van der Waals surface area contributed by atoms with Gasteiger partial charge in [0.15, 0.2) is 0 Å². The summed E-state index contributed by atoms with van der Waals surface area (Å²) in [7, 11) is 0. The zero-order valence-corrected chi connectivity index (χ0v) is 12.1. The van der Waals surface area contributed by atoms with Crippen LogP contribution in [0.2, 0.25) is 0 Å². The van der Waals surface area contributed by atoms with Crippen molar-refractivity contribution in [2.24, 2.45) is 5.92 Å². The summed E-state index contributed by atoms with van der Waals surface area (Å²) in [5, 5.41) is 0. The van der Waals surface area contributed by atoms with E-state index in [1.54, 1.807) is 0 Å². The van der Waals surface area contributed by atoms with Crippen molar-refractivity contribution in [3.8, 4) is 0 Å². The van der Waals surface area contributed by atoms with Gasteiger partial charge in [-0.05, 0) is 24.1 Å². The number of rotatable bonds is 7. The third-order valence-corrected chi connectivity index (χ3v) is 3.17. The normalized spacial score (nSPS) is 16.9. The van der Waals surface area contributed by atoms with E-state index in [0.717, 1.165) is 12.8 Å². The van der Waals surface area contributed by atoms with Crippen molar-refractivity contribution < 1.29 is 26.5 Å². The molecule has 1 radical (unpaired) electrons. The Bertz CT molecular complexity index is 175. The van der Waals surface area contributed by atoms with Gasteiger partial charge in [-0.25, -0.2) is 0 Å². The molecule has 1 N–H and O–H groups in total. The molecule has 0 aromatic carbocycles. The first-order chi connectivity index (χ1) is 5.99. The Kier molecular flexibility index (Phi) is 12.3. The molecule has 0 heterocycles. The molecule has 14 heavy (non-hydrogen) atoms. The zero-order chi connectivity index (χ0) is 10.3. The average Bonchev–Trinajstić information content (AvgIpc) is 2.03. The van der Waals surface area contributed by atoms with Gasteiger partial charge in [-0.2, -0.15) is 0 Å². The summed E-state index contributed by atoms with van der Waals surface area (Å²) in [5.41, 5.74) is -2.74. The van der Waals surface area contributed by atoms with Gasteiger partial charge in [0, 0.05) is 17.1 Å². The monoisotopic (exact) mass is 305 g/mol. The maximum absolute atomic E-state index is 9.16. The van der Waals surface area contributed by atoms with Crippen molar-refractivity contribution in [2.75, 3.05) is 6.61 Å². The fourth-order valence-electron chi connectivity index (χ4n) is 1.10. The van der Waals surface area contributed by atoms with E-state index in [-0.39, 0.29) is 17.1 Å². The van der Waals surface area contributed by atoms with Crippen molar-refractivity contribution in [2.45, 2.75) is 39.5 Å². The molecule has 0 aromatic rings. The number of thiol groups is 1. The van der Waals surface area contributed by atoms with Gasteiger partial charge in [0.1, 0.15) is 0 Å². The van der Waals surface area contributed by atoms with Gasteiger partial charge in [-0.15, -0.1) is 0 Å². The van der Waals surface area contributed by atoms with Crippen LogP contribution in [-0.4, -0.2) is 11.5 Å². The van der Waals surface area contributed by atoms with E-state index < -0.39 is 5.69 Å². The Morgan fingerprint density at radius 1 is 1.50 bits per heavy atom. The Labute approximate surface area is 108 Å². The minimum atomic E-state index is -2.74. The molecule has 0 fully saturated rings. The van der Waals surface area contributed by atoms with E-state index in [1.165, 1.54) is 12.8 Å². The summed E-state index contributed by atoms with van der Waals surface area (Å²) in [4.78, 5) is 9.16. The first-order valence-electron chi connectivity index (χ1n) is 4.69. The topological polar surface area (TPSA) is 29.5 Å². The molecule has 6 heteroatoms. The van der Waals surface area contributed by atoms with Crippen molar-refractivity contribution in [1.29, 1.82) is 0 Å². The Morgan fingerprint density at radius 2 is 2.07 bits per heavy atom. The Hall–Kier alpha value is 1.44. The van der Waals surface area contributed by atoms with E-state index in [1.807, 2.05) is 0 Å². The van der Waals surface area contributed by atoms with E-state index in [4.69, 9.17) is 9.42 Å². The van der Waals surface area contributed by atoms with Crippen LogP contribution in [0.15, 0.2) is 0 Å². The third kappa shape index (κ3) is 11.5. The van der Waals surface area contributed by atoms with Gasteiger partial charge in [0.25, 0.3) is 0 Å². The van der Waals surface area contributed by atoms with Crippen LogP contribution < -0.4 is 0 Å². The van der Waals surface area contributed by atoms with Crippen molar-refractivity contribution in [3.63, 3.8) is 0 Å². The molecule has 0 spiro atoms. The van der Waals surface area contributed by atoms with Crippen molar-refractivity contribution in [1.82, 2.24) is 0 Å². The minimum Gasteiger partial charge on any atom is -0.338 e. The van der Waals surface area contributed by atoms with Crippen LogP contribution >= 0.6 is 17.9 Å². The van der Waals surface area contributed by atoms with Crippen molar-refractivity contribution >= 4 is 29.7 Å². The van der Waals surface area contributed by atoms with Gasteiger partial charge < -0.3 is 9.42 Å². The smallest absolute Gasteiger partial charge is 0.241 e. The molecule has 0 saturated heterocycles. The number of hydrogen-bond acceptors (Lipinski definition) is 2. The first kappa shape index (κ1) is 17.8. The van der Waals surface area contributed by atoms with Crippen LogP contribution in [0.5, 0.6) is 0 Å². The molecule has 0 aromatic heterocycles. The second-order valence-corrected chi connectivity index (χ2v) is 8.37. The molecule has 0 aliphatic rings. The molecule has 2 nitrogen and oxygen atoms in total. The second kappa shape index (κ2) is 9.65. The van der Waals surface area contributed by atoms with Crippen LogP contribution in [0.3, 0.4) is 0 Å². The first-order valence-corrected chi connectivity index (χ1v) is 8.52. The van der Waals surface area contributed by atoms with Gasteiger partial charge in [-0.3, -0.25) is 0 Å². The fraction of sp³-hybridized carbons (Fsp3) is 1.00. The molecule has 91 valence electrons. The minimum absolute atomic E-state index is 0. The van der Waals surface area contributed by atoms with E-state index >= 15 is 0 Å².